The van der Waals surface area contributed by atoms with Crippen LogP contribution in [0.1, 0.15) is 24.8 Å². The van der Waals surface area contributed by atoms with Crippen molar-refractivity contribution in [2.75, 3.05) is 7.05 Å². The van der Waals surface area contributed by atoms with Crippen LogP contribution >= 0.6 is 0 Å². The van der Waals surface area contributed by atoms with E-state index in [9.17, 15) is 35.9 Å². The number of nitrogens with zero attached hydrogens (tertiary/aromatic N) is 2. The molecule has 1 saturated carbocycles. The second-order valence-electron chi connectivity index (χ2n) is 8.88. The maximum Gasteiger partial charge on any atom is 0.432 e. The summed E-state index contributed by atoms with van der Waals surface area (Å²) in [4.78, 5) is 24.3. The molecule has 4 rings (SSSR count). The lowest BCUT2D eigenvalue weighted by Gasteiger charge is -2.30. The van der Waals surface area contributed by atoms with E-state index >= 15 is 0 Å². The molecule has 0 aromatic heterocycles. The number of hydrazone groups is 1. The van der Waals surface area contributed by atoms with Crippen molar-refractivity contribution in [2.45, 2.75) is 43.4 Å². The molecule has 0 bridgehead atoms. The Morgan fingerprint density at radius 1 is 1.11 bits per heavy atom. The van der Waals surface area contributed by atoms with Crippen molar-refractivity contribution < 1.29 is 45.8 Å². The third kappa shape index (κ3) is 5.05. The van der Waals surface area contributed by atoms with Gasteiger partial charge in [-0.2, -0.15) is 31.4 Å². The third-order valence-corrected chi connectivity index (χ3v) is 6.44. The van der Waals surface area contributed by atoms with Crippen molar-refractivity contribution in [1.82, 2.24) is 10.3 Å². The van der Waals surface area contributed by atoms with Gasteiger partial charge in [0.1, 0.15) is 11.7 Å². The first kappa shape index (κ1) is 25.6. The zero-order valence-electron chi connectivity index (χ0n) is 18.7. The number of rotatable bonds is 6. The van der Waals surface area contributed by atoms with Crippen molar-refractivity contribution in [1.29, 1.82) is 0 Å². The van der Waals surface area contributed by atoms with Crippen molar-refractivity contribution in [2.24, 2.45) is 16.9 Å². The molecule has 3 atom stereocenters. The van der Waals surface area contributed by atoms with Gasteiger partial charge in [-0.15, -0.1) is 0 Å². The lowest BCUT2D eigenvalue weighted by molar-refractivity contribution is -0.137. The van der Waals surface area contributed by atoms with E-state index < -0.39 is 53.2 Å². The van der Waals surface area contributed by atoms with E-state index in [1.165, 1.54) is 19.2 Å². The molecule has 0 saturated heterocycles. The number of carboxylic acid groups (broad SMARTS) is 1. The highest BCUT2D eigenvalue weighted by Crippen LogP contribution is 2.47. The average Bonchev–Trinajstić information content (AvgIpc) is 3.49. The molecular weight excluding hydrogens is 496 g/mol. The molecule has 3 aliphatic rings. The van der Waals surface area contributed by atoms with Crippen LogP contribution in [-0.4, -0.2) is 52.7 Å². The molecule has 1 aliphatic heterocycles. The summed E-state index contributed by atoms with van der Waals surface area (Å²) in [5.41, 5.74) is -3.11. The zero-order chi connectivity index (χ0) is 26.5. The smallest absolute Gasteiger partial charge is 0.432 e. The standard InChI is InChI=1S/C23H21F6N3O4/c1-32-19(36-15-8-6-14(7-9-15)22(24,25)26)16(17(31-32)23(27,28)29)18(33)30-21(10-11-21)13-4-2-12(3-5-13)20(34)35/h2-4,6-9,13,16,19H,5,10-11H2,1H3,(H,30,33)(H,34,35). The van der Waals surface area contributed by atoms with Crippen LogP contribution in [0.3, 0.4) is 0 Å². The van der Waals surface area contributed by atoms with Gasteiger partial charge in [0.05, 0.1) is 11.1 Å². The number of carbonyl (C=O) groups is 2. The fourth-order valence-corrected chi connectivity index (χ4v) is 4.37. The van der Waals surface area contributed by atoms with E-state index in [4.69, 9.17) is 9.84 Å². The molecule has 1 heterocycles. The molecule has 2 N–H and O–H groups in total. The number of amides is 1. The lowest BCUT2D eigenvalue weighted by atomic mass is 9.87. The molecular formula is C23H21F6N3O4. The number of carboxylic acids is 1. The number of aliphatic carboxylic acids is 1. The first-order chi connectivity index (χ1) is 16.7. The van der Waals surface area contributed by atoms with Crippen molar-refractivity contribution in [3.8, 4) is 5.75 Å². The summed E-state index contributed by atoms with van der Waals surface area (Å²) in [5, 5.41) is 16.0. The first-order valence-electron chi connectivity index (χ1n) is 10.9. The number of benzene rings is 1. The van der Waals surface area contributed by atoms with Gasteiger partial charge in [-0.05, 0) is 43.5 Å². The van der Waals surface area contributed by atoms with Crippen LogP contribution in [-0.2, 0) is 15.8 Å². The second kappa shape index (κ2) is 8.86. The molecule has 194 valence electrons. The highest BCUT2D eigenvalue weighted by Gasteiger charge is 2.57. The van der Waals surface area contributed by atoms with Crippen LogP contribution in [0.5, 0.6) is 5.75 Å². The Bertz CT molecular complexity index is 1140. The molecule has 1 fully saturated rings. The maximum absolute atomic E-state index is 13.8. The minimum atomic E-state index is -4.96. The molecule has 0 spiro atoms. The number of hydrogen-bond acceptors (Lipinski definition) is 5. The van der Waals surface area contributed by atoms with Crippen molar-refractivity contribution in [3.05, 3.63) is 53.6 Å². The number of nitrogens with one attached hydrogen (secondary N) is 1. The Morgan fingerprint density at radius 3 is 2.22 bits per heavy atom. The topological polar surface area (TPSA) is 91.2 Å². The van der Waals surface area contributed by atoms with Gasteiger partial charge in [-0.1, -0.05) is 18.2 Å². The van der Waals surface area contributed by atoms with Gasteiger partial charge in [0.25, 0.3) is 0 Å². The van der Waals surface area contributed by atoms with E-state index in [0.29, 0.717) is 12.8 Å². The Labute approximate surface area is 201 Å². The fourth-order valence-electron chi connectivity index (χ4n) is 4.37. The molecule has 1 amide bonds. The van der Waals surface area contributed by atoms with Crippen molar-refractivity contribution >= 4 is 17.6 Å². The van der Waals surface area contributed by atoms with Gasteiger partial charge in [-0.25, -0.2) is 4.79 Å². The molecule has 0 radical (unpaired) electrons. The summed E-state index contributed by atoms with van der Waals surface area (Å²) >= 11 is 0. The zero-order valence-corrected chi connectivity index (χ0v) is 18.7. The maximum atomic E-state index is 13.8. The lowest BCUT2D eigenvalue weighted by Crippen LogP contribution is -2.53. The number of allylic oxidation sites excluding steroid dienone is 1. The SMILES string of the molecule is CN1N=C(C(F)(F)F)C(C(=O)NC2(C3C=CC(C(=O)O)=CC3)CC2)C1Oc1ccc(C(F)(F)F)cc1. The Balaban J connectivity index is 1.54. The van der Waals surface area contributed by atoms with Crippen LogP contribution in [0.4, 0.5) is 26.3 Å². The minimum absolute atomic E-state index is 0.0855. The van der Waals surface area contributed by atoms with E-state index in [2.05, 4.69) is 10.4 Å². The minimum Gasteiger partial charge on any atom is -0.478 e. The fraction of sp³-hybridized carbons (Fsp3) is 0.435. The summed E-state index contributed by atoms with van der Waals surface area (Å²) < 4.78 is 85.3. The summed E-state index contributed by atoms with van der Waals surface area (Å²) in [6.45, 7) is 0. The predicted octanol–water partition coefficient (Wildman–Crippen LogP) is 4.13. The van der Waals surface area contributed by atoms with Crippen LogP contribution in [0.25, 0.3) is 0 Å². The monoisotopic (exact) mass is 517 g/mol. The van der Waals surface area contributed by atoms with Gasteiger partial charge >= 0.3 is 18.3 Å². The predicted molar refractivity (Wildman–Crippen MR) is 114 cm³/mol. The van der Waals surface area contributed by atoms with E-state index in [1.807, 2.05) is 0 Å². The second-order valence-corrected chi connectivity index (χ2v) is 8.88. The normalized spacial score (nSPS) is 25.2. The number of halogens is 6. The van der Waals surface area contributed by atoms with Crippen LogP contribution < -0.4 is 10.1 Å². The molecule has 1 aromatic carbocycles. The van der Waals surface area contributed by atoms with Crippen LogP contribution in [0.15, 0.2) is 53.2 Å². The molecule has 2 aliphatic carbocycles. The Morgan fingerprint density at radius 2 is 1.75 bits per heavy atom. The number of carbonyl (C=O) groups excluding carboxylic acids is 1. The van der Waals surface area contributed by atoms with Gasteiger partial charge in [0.2, 0.25) is 12.1 Å². The molecule has 36 heavy (non-hydrogen) atoms. The van der Waals surface area contributed by atoms with Gasteiger partial charge < -0.3 is 15.2 Å². The quantitative estimate of drug-likeness (QED) is 0.554. The largest absolute Gasteiger partial charge is 0.478 e. The molecule has 7 nitrogen and oxygen atoms in total. The molecule has 1 aromatic rings. The average molecular weight is 517 g/mol. The van der Waals surface area contributed by atoms with E-state index in [-0.39, 0.29) is 23.7 Å². The van der Waals surface area contributed by atoms with Gasteiger partial charge in [-0.3, -0.25) is 9.80 Å². The Hall–Kier alpha value is -3.51. The van der Waals surface area contributed by atoms with Gasteiger partial charge in [0, 0.05) is 18.5 Å². The summed E-state index contributed by atoms with van der Waals surface area (Å²) in [5.74, 6) is -4.50. The molecule has 3 unspecified atom stereocenters. The van der Waals surface area contributed by atoms with E-state index in [1.54, 1.807) is 6.08 Å². The van der Waals surface area contributed by atoms with Gasteiger partial charge in [0.15, 0.2) is 5.71 Å². The van der Waals surface area contributed by atoms with E-state index in [0.717, 1.165) is 29.3 Å². The summed E-state index contributed by atoms with van der Waals surface area (Å²) in [6.07, 6.45) is -5.38. The van der Waals surface area contributed by atoms with Crippen molar-refractivity contribution in [3.63, 3.8) is 0 Å². The number of hydrogen-bond donors (Lipinski definition) is 2. The highest BCUT2D eigenvalue weighted by atomic mass is 19.4. The Kier molecular flexibility index (Phi) is 6.29. The molecule has 13 heteroatoms. The third-order valence-electron chi connectivity index (χ3n) is 6.44. The number of ether oxygens (including phenoxy) is 1. The highest BCUT2D eigenvalue weighted by molar-refractivity contribution is 6.08. The van der Waals surface area contributed by atoms with Crippen LogP contribution in [0.2, 0.25) is 0 Å². The first-order valence-corrected chi connectivity index (χ1v) is 10.9. The van der Waals surface area contributed by atoms with Crippen LogP contribution in [0, 0.1) is 11.8 Å². The number of alkyl halides is 6. The summed E-state index contributed by atoms with van der Waals surface area (Å²) in [6, 6.07) is 3.36. The summed E-state index contributed by atoms with van der Waals surface area (Å²) in [7, 11) is 1.17.